The molecule has 6 heteroatoms. The fraction of sp³-hybridized carbons (Fsp3) is 0.562. The zero-order valence-electron chi connectivity index (χ0n) is 13.0. The van der Waals surface area contributed by atoms with Gasteiger partial charge in [-0.3, -0.25) is 4.79 Å². The zero-order chi connectivity index (χ0) is 15.6. The van der Waals surface area contributed by atoms with Crippen molar-refractivity contribution in [1.29, 1.82) is 0 Å². The van der Waals surface area contributed by atoms with Gasteiger partial charge >= 0.3 is 0 Å². The number of nitrogens with one attached hydrogen (secondary N) is 1. The number of furan rings is 1. The lowest BCUT2D eigenvalue weighted by Crippen LogP contribution is -2.47. The molecule has 0 bridgehead atoms. The van der Waals surface area contributed by atoms with E-state index in [-0.39, 0.29) is 11.8 Å². The maximum atomic E-state index is 12.4. The molecular formula is C16H21N3O3. The molecule has 0 atom stereocenters. The van der Waals surface area contributed by atoms with Crippen molar-refractivity contribution in [2.24, 2.45) is 0 Å². The average Bonchev–Trinajstić information content (AvgIpc) is 3.20. The van der Waals surface area contributed by atoms with Crippen molar-refractivity contribution in [3.63, 3.8) is 0 Å². The second kappa shape index (κ2) is 5.94. The summed E-state index contributed by atoms with van der Waals surface area (Å²) in [7, 11) is 0. The first-order valence-electron chi connectivity index (χ1n) is 7.79. The Balaban J connectivity index is 1.88. The van der Waals surface area contributed by atoms with Gasteiger partial charge in [-0.1, -0.05) is 38.3 Å². The first-order valence-corrected chi connectivity index (χ1v) is 7.79. The van der Waals surface area contributed by atoms with E-state index in [0.29, 0.717) is 17.3 Å². The van der Waals surface area contributed by atoms with E-state index in [1.54, 1.807) is 6.07 Å². The molecular weight excluding hydrogens is 282 g/mol. The van der Waals surface area contributed by atoms with Crippen LogP contribution in [-0.4, -0.2) is 16.0 Å². The highest BCUT2D eigenvalue weighted by Gasteiger charge is 2.41. The SMILES string of the molecule is CC(C)c1noc(C2(NC(=O)c3ccoc3)CCCCC2)n1. The molecule has 0 aliphatic heterocycles. The van der Waals surface area contributed by atoms with Gasteiger partial charge in [0, 0.05) is 5.92 Å². The van der Waals surface area contributed by atoms with E-state index in [1.165, 1.54) is 12.5 Å². The first kappa shape index (κ1) is 14.8. The molecule has 1 amide bonds. The molecule has 0 saturated heterocycles. The topological polar surface area (TPSA) is 81.2 Å². The lowest BCUT2D eigenvalue weighted by atomic mass is 9.81. The number of nitrogens with zero attached hydrogens (tertiary/aromatic N) is 2. The van der Waals surface area contributed by atoms with Gasteiger partial charge in [0.2, 0.25) is 0 Å². The Morgan fingerprint density at radius 2 is 2.09 bits per heavy atom. The van der Waals surface area contributed by atoms with Crippen molar-refractivity contribution in [1.82, 2.24) is 15.5 Å². The van der Waals surface area contributed by atoms with Gasteiger partial charge in [0.15, 0.2) is 5.82 Å². The molecule has 22 heavy (non-hydrogen) atoms. The Kier molecular flexibility index (Phi) is 4.00. The van der Waals surface area contributed by atoms with E-state index in [0.717, 1.165) is 32.1 Å². The molecule has 0 radical (unpaired) electrons. The summed E-state index contributed by atoms with van der Waals surface area (Å²) in [5.41, 5.74) is -0.0548. The van der Waals surface area contributed by atoms with Gasteiger partial charge in [0.1, 0.15) is 11.8 Å². The number of rotatable bonds is 4. The molecule has 1 fully saturated rings. The molecule has 0 aromatic carbocycles. The third-order valence-corrected chi connectivity index (χ3v) is 4.21. The molecule has 2 heterocycles. The molecule has 2 aromatic heterocycles. The van der Waals surface area contributed by atoms with E-state index in [4.69, 9.17) is 8.94 Å². The lowest BCUT2D eigenvalue weighted by molar-refractivity contribution is 0.0824. The zero-order valence-corrected chi connectivity index (χ0v) is 13.0. The Morgan fingerprint density at radius 3 is 2.68 bits per heavy atom. The molecule has 118 valence electrons. The fourth-order valence-electron chi connectivity index (χ4n) is 2.89. The van der Waals surface area contributed by atoms with Crippen LogP contribution in [0.5, 0.6) is 0 Å². The molecule has 0 unspecified atom stereocenters. The van der Waals surface area contributed by atoms with Gasteiger partial charge in [-0.05, 0) is 18.9 Å². The van der Waals surface area contributed by atoms with Crippen LogP contribution >= 0.6 is 0 Å². The summed E-state index contributed by atoms with van der Waals surface area (Å²) in [6.45, 7) is 4.04. The van der Waals surface area contributed by atoms with Crippen LogP contribution in [0.3, 0.4) is 0 Å². The third-order valence-electron chi connectivity index (χ3n) is 4.21. The highest BCUT2D eigenvalue weighted by Crippen LogP contribution is 2.37. The summed E-state index contributed by atoms with van der Waals surface area (Å²) >= 11 is 0. The molecule has 1 N–H and O–H groups in total. The molecule has 6 nitrogen and oxygen atoms in total. The van der Waals surface area contributed by atoms with Crippen molar-refractivity contribution in [3.8, 4) is 0 Å². The Bertz CT molecular complexity index is 625. The van der Waals surface area contributed by atoms with Crippen LogP contribution in [0, 0.1) is 0 Å². The summed E-state index contributed by atoms with van der Waals surface area (Å²) in [6.07, 6.45) is 7.79. The van der Waals surface area contributed by atoms with Crippen LogP contribution in [-0.2, 0) is 5.54 Å². The number of hydrogen-bond acceptors (Lipinski definition) is 5. The van der Waals surface area contributed by atoms with Crippen LogP contribution in [0.15, 0.2) is 27.5 Å². The van der Waals surface area contributed by atoms with Crippen molar-refractivity contribution in [3.05, 3.63) is 35.9 Å². The smallest absolute Gasteiger partial charge is 0.255 e. The predicted molar refractivity (Wildman–Crippen MR) is 79.3 cm³/mol. The molecule has 1 aliphatic rings. The van der Waals surface area contributed by atoms with Crippen LogP contribution in [0.4, 0.5) is 0 Å². The van der Waals surface area contributed by atoms with Crippen molar-refractivity contribution in [2.45, 2.75) is 57.4 Å². The molecule has 3 rings (SSSR count). The summed E-state index contributed by atoms with van der Waals surface area (Å²) in [5.74, 6) is 1.23. The molecule has 1 aliphatic carbocycles. The second-order valence-electron chi connectivity index (χ2n) is 6.22. The standard InChI is InChI=1S/C16H21N3O3/c1-11(2)13-17-15(22-19-13)16(7-4-3-5-8-16)18-14(20)12-6-9-21-10-12/h6,9-11H,3-5,7-8H2,1-2H3,(H,18,20). The van der Waals surface area contributed by atoms with Gasteiger partial charge in [-0.15, -0.1) is 0 Å². The van der Waals surface area contributed by atoms with Gasteiger partial charge < -0.3 is 14.3 Å². The fourth-order valence-corrected chi connectivity index (χ4v) is 2.89. The quantitative estimate of drug-likeness (QED) is 0.936. The van der Waals surface area contributed by atoms with Crippen molar-refractivity contribution < 1.29 is 13.7 Å². The molecule has 1 saturated carbocycles. The number of aromatic nitrogens is 2. The van der Waals surface area contributed by atoms with E-state index in [2.05, 4.69) is 15.5 Å². The number of carbonyl (C=O) groups excluding carboxylic acids is 1. The highest BCUT2D eigenvalue weighted by atomic mass is 16.5. The molecule has 0 spiro atoms. The van der Waals surface area contributed by atoms with Gasteiger partial charge in [-0.25, -0.2) is 0 Å². The van der Waals surface area contributed by atoms with Crippen LogP contribution in [0.25, 0.3) is 0 Å². The number of amides is 1. The van der Waals surface area contributed by atoms with E-state index < -0.39 is 5.54 Å². The second-order valence-corrected chi connectivity index (χ2v) is 6.22. The number of hydrogen-bond donors (Lipinski definition) is 1. The highest BCUT2D eigenvalue weighted by molar-refractivity contribution is 5.94. The molecule has 2 aromatic rings. The maximum Gasteiger partial charge on any atom is 0.255 e. The first-order chi connectivity index (χ1) is 10.6. The van der Waals surface area contributed by atoms with E-state index >= 15 is 0 Å². The normalized spacial score (nSPS) is 17.6. The minimum absolute atomic E-state index is 0.167. The Labute approximate surface area is 129 Å². The van der Waals surface area contributed by atoms with Gasteiger partial charge in [0.05, 0.1) is 11.8 Å². The largest absolute Gasteiger partial charge is 0.472 e. The van der Waals surface area contributed by atoms with Gasteiger partial charge in [0.25, 0.3) is 11.8 Å². The Morgan fingerprint density at radius 1 is 1.32 bits per heavy atom. The minimum Gasteiger partial charge on any atom is -0.472 e. The maximum absolute atomic E-state index is 12.4. The average molecular weight is 303 g/mol. The van der Waals surface area contributed by atoms with Crippen LogP contribution in [0.1, 0.15) is 73.9 Å². The van der Waals surface area contributed by atoms with Crippen molar-refractivity contribution in [2.75, 3.05) is 0 Å². The summed E-state index contributed by atoms with van der Waals surface area (Å²) in [6, 6.07) is 1.65. The van der Waals surface area contributed by atoms with Crippen LogP contribution in [0.2, 0.25) is 0 Å². The summed E-state index contributed by atoms with van der Waals surface area (Å²) in [4.78, 5) is 17.0. The minimum atomic E-state index is -0.563. The summed E-state index contributed by atoms with van der Waals surface area (Å²) in [5, 5.41) is 7.16. The monoisotopic (exact) mass is 303 g/mol. The van der Waals surface area contributed by atoms with Gasteiger partial charge in [-0.2, -0.15) is 4.98 Å². The predicted octanol–water partition coefficient (Wildman–Crippen LogP) is 3.38. The number of carbonyl (C=O) groups is 1. The van der Waals surface area contributed by atoms with Crippen LogP contribution < -0.4 is 5.32 Å². The van der Waals surface area contributed by atoms with E-state index in [1.807, 2.05) is 13.8 Å². The third kappa shape index (κ3) is 2.77. The van der Waals surface area contributed by atoms with E-state index in [9.17, 15) is 4.79 Å². The summed E-state index contributed by atoms with van der Waals surface area (Å²) < 4.78 is 10.5. The Hall–Kier alpha value is -2.11. The lowest BCUT2D eigenvalue weighted by Gasteiger charge is -2.34. The van der Waals surface area contributed by atoms with Crippen molar-refractivity contribution >= 4 is 5.91 Å².